The number of imidazole rings is 1. The minimum Gasteiger partial charge on any atom is -0.486 e. The number of nitrogens with one attached hydrogen (secondary N) is 3. The molecule has 0 radical (unpaired) electrons. The van der Waals surface area contributed by atoms with Crippen molar-refractivity contribution in [2.75, 3.05) is 10.6 Å². The van der Waals surface area contributed by atoms with Gasteiger partial charge in [0.2, 0.25) is 5.95 Å². The third-order valence-electron chi connectivity index (χ3n) is 5.10. The maximum atomic E-state index is 14.2. The molecule has 10 heteroatoms. The van der Waals surface area contributed by atoms with Crippen molar-refractivity contribution >= 4 is 56.6 Å². The van der Waals surface area contributed by atoms with Crippen molar-refractivity contribution < 1.29 is 13.9 Å². The van der Waals surface area contributed by atoms with Gasteiger partial charge in [0.25, 0.3) is 5.91 Å². The lowest BCUT2D eigenvalue weighted by Gasteiger charge is -2.17. The number of rotatable bonds is 4. The molecule has 7 nitrogen and oxygen atoms in total. The molecule has 3 N–H and O–H groups in total. The van der Waals surface area contributed by atoms with Gasteiger partial charge in [-0.05, 0) is 39.0 Å². The van der Waals surface area contributed by atoms with E-state index in [2.05, 4.69) is 25.6 Å². The summed E-state index contributed by atoms with van der Waals surface area (Å²) in [7, 11) is 0. The summed E-state index contributed by atoms with van der Waals surface area (Å²) in [6, 6.07) is 6.12. The Morgan fingerprint density at radius 1 is 1.34 bits per heavy atom. The third kappa shape index (κ3) is 3.67. The number of ether oxygens (including phenoxy) is 1. The molecular formula is C22H19ClFN5O2S. The third-order valence-corrected chi connectivity index (χ3v) is 6.29. The van der Waals surface area contributed by atoms with Crippen molar-refractivity contribution in [2.45, 2.75) is 32.8 Å². The van der Waals surface area contributed by atoms with Crippen LogP contribution in [0.1, 0.15) is 35.5 Å². The number of carbonyl (C=O) groups is 1. The first-order chi connectivity index (χ1) is 15.2. The van der Waals surface area contributed by atoms with E-state index in [0.717, 1.165) is 11.3 Å². The van der Waals surface area contributed by atoms with Crippen LogP contribution in [0.25, 0.3) is 11.0 Å². The van der Waals surface area contributed by atoms with Crippen LogP contribution in [0.5, 0.6) is 5.75 Å². The normalized spacial score (nSPS) is 14.3. The Kier molecular flexibility index (Phi) is 4.83. The fourth-order valence-electron chi connectivity index (χ4n) is 3.76. The predicted octanol–water partition coefficient (Wildman–Crippen LogP) is 5.83. The molecule has 0 aliphatic carbocycles. The number of nitrogens with zero attached hydrogens (tertiary/aromatic N) is 2. The molecule has 0 atom stereocenters. The van der Waals surface area contributed by atoms with E-state index in [1.165, 1.54) is 23.5 Å². The van der Waals surface area contributed by atoms with Crippen molar-refractivity contribution in [1.29, 1.82) is 0 Å². The molecule has 0 unspecified atom stereocenters. The minimum absolute atomic E-state index is 0.124. The highest BCUT2D eigenvalue weighted by atomic mass is 35.5. The molecule has 0 bridgehead atoms. The van der Waals surface area contributed by atoms with Crippen LogP contribution in [0, 0.1) is 12.7 Å². The molecule has 0 fully saturated rings. The smallest absolute Gasteiger partial charge is 0.261 e. The number of aromatic amines is 1. The summed E-state index contributed by atoms with van der Waals surface area (Å²) < 4.78 is 20.4. The van der Waals surface area contributed by atoms with Gasteiger partial charge in [-0.1, -0.05) is 17.7 Å². The number of anilines is 3. The van der Waals surface area contributed by atoms with E-state index in [0.29, 0.717) is 39.8 Å². The van der Waals surface area contributed by atoms with Gasteiger partial charge in [0.15, 0.2) is 5.13 Å². The van der Waals surface area contributed by atoms with Crippen LogP contribution in [-0.4, -0.2) is 26.5 Å². The molecule has 1 amide bonds. The predicted molar refractivity (Wildman–Crippen MR) is 124 cm³/mol. The van der Waals surface area contributed by atoms with Crippen molar-refractivity contribution in [1.82, 2.24) is 15.0 Å². The lowest BCUT2D eigenvalue weighted by molar-refractivity contribution is 0.101. The van der Waals surface area contributed by atoms with Crippen molar-refractivity contribution in [3.63, 3.8) is 0 Å². The Labute approximate surface area is 192 Å². The maximum absolute atomic E-state index is 14.2. The van der Waals surface area contributed by atoms with Crippen LogP contribution < -0.4 is 15.4 Å². The number of para-hydroxylation sites is 1. The summed E-state index contributed by atoms with van der Waals surface area (Å²) in [4.78, 5) is 25.1. The second-order valence-electron chi connectivity index (χ2n) is 8.22. The lowest BCUT2D eigenvalue weighted by Crippen LogP contribution is -2.25. The molecule has 1 aliphatic rings. The van der Waals surface area contributed by atoms with Crippen LogP contribution in [0.15, 0.2) is 29.6 Å². The molecule has 3 heterocycles. The molecule has 164 valence electrons. The van der Waals surface area contributed by atoms with Crippen LogP contribution in [0.2, 0.25) is 5.02 Å². The fourth-order valence-corrected chi connectivity index (χ4v) is 4.65. The number of fused-ring (bicyclic) bond motifs is 3. The summed E-state index contributed by atoms with van der Waals surface area (Å²) in [5.74, 6) is -0.00909. The molecule has 4 aromatic rings. The zero-order chi connectivity index (χ0) is 22.6. The van der Waals surface area contributed by atoms with Crippen LogP contribution in [-0.2, 0) is 6.42 Å². The average molecular weight is 472 g/mol. The fraction of sp³-hybridized carbons (Fsp3) is 0.227. The van der Waals surface area contributed by atoms with Gasteiger partial charge in [0.05, 0.1) is 33.0 Å². The highest BCUT2D eigenvalue weighted by molar-refractivity contribution is 7.13. The molecule has 0 spiro atoms. The Balaban J connectivity index is 1.58. The summed E-state index contributed by atoms with van der Waals surface area (Å²) >= 11 is 7.49. The minimum atomic E-state index is -0.495. The van der Waals surface area contributed by atoms with E-state index in [1.807, 2.05) is 26.2 Å². The molecule has 32 heavy (non-hydrogen) atoms. The van der Waals surface area contributed by atoms with Crippen molar-refractivity contribution in [3.8, 4) is 5.75 Å². The molecule has 1 aliphatic heterocycles. The topological polar surface area (TPSA) is 91.9 Å². The molecule has 5 rings (SSSR count). The lowest BCUT2D eigenvalue weighted by atomic mass is 9.99. The van der Waals surface area contributed by atoms with Crippen LogP contribution in [0.3, 0.4) is 0 Å². The zero-order valence-electron chi connectivity index (χ0n) is 17.5. The first-order valence-corrected chi connectivity index (χ1v) is 11.1. The second kappa shape index (κ2) is 7.46. The summed E-state index contributed by atoms with van der Waals surface area (Å²) in [5.41, 5.74) is 2.94. The Morgan fingerprint density at radius 2 is 2.16 bits per heavy atom. The number of H-pyrrole nitrogens is 1. The summed E-state index contributed by atoms with van der Waals surface area (Å²) in [5, 5.41) is 8.36. The van der Waals surface area contributed by atoms with Gasteiger partial charge in [0.1, 0.15) is 17.2 Å². The molecule has 0 saturated carbocycles. The van der Waals surface area contributed by atoms with Gasteiger partial charge < -0.3 is 15.0 Å². The van der Waals surface area contributed by atoms with Crippen molar-refractivity contribution in [3.05, 3.63) is 57.3 Å². The number of carbonyl (C=O) groups excluding carboxylic acids is 1. The van der Waals surface area contributed by atoms with Gasteiger partial charge in [-0.25, -0.2) is 14.4 Å². The van der Waals surface area contributed by atoms with Gasteiger partial charge in [-0.3, -0.25) is 10.1 Å². The first kappa shape index (κ1) is 20.7. The highest BCUT2D eigenvalue weighted by Crippen LogP contribution is 2.42. The van der Waals surface area contributed by atoms with E-state index >= 15 is 0 Å². The number of aromatic nitrogens is 3. The quantitative estimate of drug-likeness (QED) is 0.348. The summed E-state index contributed by atoms with van der Waals surface area (Å²) in [6.07, 6.45) is 0.570. The zero-order valence-corrected chi connectivity index (χ0v) is 19.0. The maximum Gasteiger partial charge on any atom is 0.261 e. The molecular weight excluding hydrogens is 453 g/mol. The SMILES string of the molecule is Cc1csc(NC(=O)c2cc3[nH]c(Nc4c(F)cccc4Cl)nc3c3c2OC(C)(C)C3)n1. The van der Waals surface area contributed by atoms with Crippen LogP contribution >= 0.6 is 22.9 Å². The summed E-state index contributed by atoms with van der Waals surface area (Å²) in [6.45, 7) is 5.77. The van der Waals surface area contributed by atoms with Gasteiger partial charge >= 0.3 is 0 Å². The van der Waals surface area contributed by atoms with Gasteiger partial charge in [0, 0.05) is 17.4 Å². The number of benzene rings is 2. The largest absolute Gasteiger partial charge is 0.486 e. The standard InChI is InChI=1S/C22H19ClFN5O2S/c1-10-9-32-21(25-10)29-19(30)11-7-15-16(12-8-22(2,3)31-18(11)12)27-20(26-15)28-17-13(23)5-4-6-14(17)24/h4-7,9H,8H2,1-3H3,(H,25,29,30)(H2,26,27,28). The van der Waals surface area contributed by atoms with E-state index in [1.54, 1.807) is 12.1 Å². The van der Waals surface area contributed by atoms with Crippen LogP contribution in [0.4, 0.5) is 21.2 Å². The number of aryl methyl sites for hydroxylation is 1. The Hall–Kier alpha value is -3.17. The molecule has 2 aromatic carbocycles. The second-order valence-corrected chi connectivity index (χ2v) is 9.49. The molecule has 2 aromatic heterocycles. The van der Waals surface area contributed by atoms with Gasteiger partial charge in [-0.15, -0.1) is 11.3 Å². The van der Waals surface area contributed by atoms with Gasteiger partial charge in [-0.2, -0.15) is 0 Å². The van der Waals surface area contributed by atoms with Crippen molar-refractivity contribution in [2.24, 2.45) is 0 Å². The number of thiazole rings is 1. The number of hydrogen-bond acceptors (Lipinski definition) is 6. The average Bonchev–Trinajstić information content (AvgIpc) is 3.39. The number of hydrogen-bond donors (Lipinski definition) is 3. The number of amides is 1. The monoisotopic (exact) mass is 471 g/mol. The number of halogens is 2. The van der Waals surface area contributed by atoms with E-state index < -0.39 is 11.4 Å². The van der Waals surface area contributed by atoms with E-state index in [-0.39, 0.29) is 16.6 Å². The molecule has 0 saturated heterocycles. The first-order valence-electron chi connectivity index (χ1n) is 9.89. The van der Waals surface area contributed by atoms with E-state index in [4.69, 9.17) is 16.3 Å². The van der Waals surface area contributed by atoms with E-state index in [9.17, 15) is 9.18 Å². The Morgan fingerprint density at radius 3 is 2.88 bits per heavy atom. The Bertz CT molecular complexity index is 1360. The highest BCUT2D eigenvalue weighted by Gasteiger charge is 2.36.